The second-order valence-electron chi connectivity index (χ2n) is 3.22. The molecule has 0 amide bonds. The van der Waals surface area contributed by atoms with Gasteiger partial charge < -0.3 is 10.2 Å². The van der Waals surface area contributed by atoms with E-state index >= 15 is 0 Å². The number of halogens is 1. The third kappa shape index (κ3) is 2.67. The summed E-state index contributed by atoms with van der Waals surface area (Å²) >= 11 is 5.48. The van der Waals surface area contributed by atoms with Gasteiger partial charge in [-0.3, -0.25) is 4.98 Å². The monoisotopic (exact) mass is 215 g/mol. The van der Waals surface area contributed by atoms with Crippen LogP contribution in [0.5, 0.6) is 0 Å². The van der Waals surface area contributed by atoms with Gasteiger partial charge >= 0.3 is 0 Å². The molecule has 0 radical (unpaired) electrons. The number of aliphatic hydroxyl groups is 2. The Hall–Kier alpha value is -0.640. The van der Waals surface area contributed by atoms with Crippen molar-refractivity contribution in [3.63, 3.8) is 0 Å². The maximum atomic E-state index is 9.76. The van der Waals surface area contributed by atoms with Gasteiger partial charge in [-0.1, -0.05) is 0 Å². The van der Waals surface area contributed by atoms with Gasteiger partial charge in [0, 0.05) is 18.3 Å². The molecule has 4 heteroatoms. The van der Waals surface area contributed by atoms with Crippen molar-refractivity contribution in [2.75, 3.05) is 5.88 Å². The summed E-state index contributed by atoms with van der Waals surface area (Å²) in [6.07, 6.45) is 1.94. The molecular weight excluding hydrogens is 202 g/mol. The molecule has 0 aliphatic rings. The number of nitrogens with zero attached hydrogens (tertiary/aromatic N) is 1. The van der Waals surface area contributed by atoms with E-state index in [2.05, 4.69) is 4.98 Å². The summed E-state index contributed by atoms with van der Waals surface area (Å²) in [7, 11) is 0. The average Bonchev–Trinajstić information content (AvgIpc) is 2.18. The predicted octanol–water partition coefficient (Wildman–Crippen LogP) is 1.41. The van der Waals surface area contributed by atoms with E-state index < -0.39 is 12.2 Å². The van der Waals surface area contributed by atoms with E-state index in [0.717, 1.165) is 5.56 Å². The lowest BCUT2D eigenvalue weighted by molar-refractivity contribution is 0.0166. The van der Waals surface area contributed by atoms with Gasteiger partial charge in [0.25, 0.3) is 0 Å². The van der Waals surface area contributed by atoms with E-state index in [0.29, 0.717) is 17.9 Å². The first-order valence-corrected chi connectivity index (χ1v) is 5.03. The van der Waals surface area contributed by atoms with Crippen LogP contribution in [-0.4, -0.2) is 27.2 Å². The van der Waals surface area contributed by atoms with Crippen LogP contribution in [0.15, 0.2) is 18.5 Å². The van der Waals surface area contributed by atoms with Crippen molar-refractivity contribution in [3.05, 3.63) is 29.6 Å². The molecule has 78 valence electrons. The lowest BCUT2D eigenvalue weighted by Crippen LogP contribution is -2.19. The first-order valence-electron chi connectivity index (χ1n) is 4.49. The smallest absolute Gasteiger partial charge is 0.105 e. The Bertz CT molecular complexity index is 293. The number of aliphatic hydroxyl groups excluding tert-OH is 2. The Labute approximate surface area is 88.4 Å². The van der Waals surface area contributed by atoms with Gasteiger partial charge in [0.05, 0.1) is 6.10 Å². The van der Waals surface area contributed by atoms with E-state index in [-0.39, 0.29) is 0 Å². The highest BCUT2D eigenvalue weighted by molar-refractivity contribution is 6.17. The number of aryl methyl sites for hydroxylation is 1. The minimum atomic E-state index is -0.878. The standard InChI is InChI=1S/C10H14ClNO2/c1-7-6-12-5-3-8(7)10(14)9(13)2-4-11/h3,5-6,9-10,13-14H,2,4H2,1H3. The zero-order valence-corrected chi connectivity index (χ0v) is 8.78. The van der Waals surface area contributed by atoms with Gasteiger partial charge in [0.2, 0.25) is 0 Å². The van der Waals surface area contributed by atoms with Crippen LogP contribution in [0.1, 0.15) is 23.7 Å². The zero-order chi connectivity index (χ0) is 10.6. The Morgan fingerprint density at radius 3 is 2.79 bits per heavy atom. The van der Waals surface area contributed by atoms with Gasteiger partial charge in [-0.05, 0) is 30.5 Å². The third-order valence-corrected chi connectivity index (χ3v) is 2.37. The van der Waals surface area contributed by atoms with Crippen molar-refractivity contribution in [3.8, 4) is 0 Å². The highest BCUT2D eigenvalue weighted by Crippen LogP contribution is 2.21. The number of rotatable bonds is 4. The lowest BCUT2D eigenvalue weighted by atomic mass is 10.0. The fourth-order valence-electron chi connectivity index (χ4n) is 1.29. The molecule has 3 nitrogen and oxygen atoms in total. The van der Waals surface area contributed by atoms with E-state index in [1.807, 2.05) is 6.92 Å². The minimum Gasteiger partial charge on any atom is -0.390 e. The van der Waals surface area contributed by atoms with Gasteiger partial charge in [-0.25, -0.2) is 0 Å². The summed E-state index contributed by atoms with van der Waals surface area (Å²) < 4.78 is 0. The maximum Gasteiger partial charge on any atom is 0.105 e. The molecule has 1 heterocycles. The molecular formula is C10H14ClNO2. The summed E-state index contributed by atoms with van der Waals surface area (Å²) in [4.78, 5) is 3.91. The van der Waals surface area contributed by atoms with E-state index in [1.165, 1.54) is 0 Å². The third-order valence-electron chi connectivity index (χ3n) is 2.15. The van der Waals surface area contributed by atoms with Crippen LogP contribution in [-0.2, 0) is 0 Å². The quantitative estimate of drug-likeness (QED) is 0.747. The molecule has 0 bridgehead atoms. The molecule has 1 aromatic rings. The maximum absolute atomic E-state index is 9.76. The Balaban J connectivity index is 2.78. The number of hydrogen-bond donors (Lipinski definition) is 2. The molecule has 0 spiro atoms. The van der Waals surface area contributed by atoms with Crippen LogP contribution in [0.4, 0.5) is 0 Å². The van der Waals surface area contributed by atoms with Gasteiger partial charge in [0.15, 0.2) is 0 Å². The molecule has 2 atom stereocenters. The number of alkyl halides is 1. The Morgan fingerprint density at radius 1 is 1.50 bits per heavy atom. The second kappa shape index (κ2) is 5.29. The zero-order valence-electron chi connectivity index (χ0n) is 8.02. The summed E-state index contributed by atoms with van der Waals surface area (Å²) in [6.45, 7) is 1.85. The summed E-state index contributed by atoms with van der Waals surface area (Å²) in [5.74, 6) is 0.336. The van der Waals surface area contributed by atoms with Crippen LogP contribution >= 0.6 is 11.6 Å². The SMILES string of the molecule is Cc1cnccc1C(O)C(O)CCCl. The molecule has 0 fully saturated rings. The van der Waals surface area contributed by atoms with Gasteiger partial charge in [0.1, 0.15) is 6.10 Å². The summed E-state index contributed by atoms with van der Waals surface area (Å²) in [5, 5.41) is 19.3. The molecule has 2 N–H and O–H groups in total. The molecule has 0 aliphatic carbocycles. The molecule has 2 unspecified atom stereocenters. The average molecular weight is 216 g/mol. The Morgan fingerprint density at radius 2 is 2.21 bits per heavy atom. The first-order chi connectivity index (χ1) is 6.66. The van der Waals surface area contributed by atoms with E-state index in [1.54, 1.807) is 18.5 Å². The van der Waals surface area contributed by atoms with Gasteiger partial charge in [-0.15, -0.1) is 11.6 Å². The summed E-state index contributed by atoms with van der Waals surface area (Å²) in [6, 6.07) is 1.71. The normalized spacial score (nSPS) is 15.1. The topological polar surface area (TPSA) is 53.4 Å². The van der Waals surface area contributed by atoms with Crippen molar-refractivity contribution >= 4 is 11.6 Å². The summed E-state index contributed by atoms with van der Waals surface area (Å²) in [5.41, 5.74) is 1.58. The highest BCUT2D eigenvalue weighted by Gasteiger charge is 2.18. The van der Waals surface area contributed by atoms with Gasteiger partial charge in [-0.2, -0.15) is 0 Å². The number of hydrogen-bond acceptors (Lipinski definition) is 3. The van der Waals surface area contributed by atoms with Crippen molar-refractivity contribution in [2.24, 2.45) is 0 Å². The van der Waals surface area contributed by atoms with Crippen molar-refractivity contribution < 1.29 is 10.2 Å². The van der Waals surface area contributed by atoms with Crippen molar-refractivity contribution in [1.82, 2.24) is 4.98 Å². The molecule has 1 aromatic heterocycles. The minimum absolute atomic E-state index is 0.336. The van der Waals surface area contributed by atoms with Crippen LogP contribution in [0, 0.1) is 6.92 Å². The largest absolute Gasteiger partial charge is 0.390 e. The van der Waals surface area contributed by atoms with Crippen LogP contribution in [0.25, 0.3) is 0 Å². The Kier molecular flexibility index (Phi) is 4.32. The second-order valence-corrected chi connectivity index (χ2v) is 3.60. The van der Waals surface area contributed by atoms with Crippen LogP contribution in [0.3, 0.4) is 0 Å². The molecule has 0 saturated carbocycles. The highest BCUT2D eigenvalue weighted by atomic mass is 35.5. The first kappa shape index (κ1) is 11.4. The lowest BCUT2D eigenvalue weighted by Gasteiger charge is -2.18. The molecule has 0 aromatic carbocycles. The van der Waals surface area contributed by atoms with Crippen LogP contribution < -0.4 is 0 Å². The molecule has 0 aliphatic heterocycles. The van der Waals surface area contributed by atoms with E-state index in [9.17, 15) is 10.2 Å². The van der Waals surface area contributed by atoms with Crippen molar-refractivity contribution in [2.45, 2.75) is 25.6 Å². The van der Waals surface area contributed by atoms with Crippen molar-refractivity contribution in [1.29, 1.82) is 0 Å². The fourth-order valence-corrected chi connectivity index (χ4v) is 1.52. The molecule has 14 heavy (non-hydrogen) atoms. The van der Waals surface area contributed by atoms with E-state index in [4.69, 9.17) is 11.6 Å². The van der Waals surface area contributed by atoms with Crippen LogP contribution in [0.2, 0.25) is 0 Å². The fraction of sp³-hybridized carbons (Fsp3) is 0.500. The molecule has 0 saturated heterocycles. The molecule has 1 rings (SSSR count). The predicted molar refractivity (Wildman–Crippen MR) is 55.3 cm³/mol. The number of pyridine rings is 1. The number of aromatic nitrogens is 1.